The van der Waals surface area contributed by atoms with Crippen LogP contribution in [0.1, 0.15) is 16.7 Å². The van der Waals surface area contributed by atoms with Crippen LogP contribution in [0, 0.1) is 18.3 Å². The largest absolute Gasteiger partial charge is 0.482 e. The fraction of sp³-hybridized carbons (Fsp3) is 0.0769. The molecule has 0 unspecified atom stereocenters. The minimum Gasteiger partial charge on any atom is -0.482 e. The quantitative estimate of drug-likeness (QED) is 0.437. The van der Waals surface area contributed by atoms with E-state index in [-0.39, 0.29) is 12.5 Å². The summed E-state index contributed by atoms with van der Waals surface area (Å²) in [7, 11) is 0. The van der Waals surface area contributed by atoms with Crippen molar-refractivity contribution in [3.8, 4) is 23.1 Å². The lowest BCUT2D eigenvalue weighted by Crippen LogP contribution is -2.25. The molecule has 5 rings (SSSR count). The molecule has 1 aliphatic heterocycles. The van der Waals surface area contributed by atoms with Crippen LogP contribution in [0.25, 0.3) is 11.3 Å². The number of carbonyl (C=O) groups is 1. The van der Waals surface area contributed by atoms with Crippen LogP contribution in [-0.2, 0) is 4.79 Å². The predicted molar refractivity (Wildman–Crippen MR) is 132 cm³/mol. The summed E-state index contributed by atoms with van der Waals surface area (Å²) >= 11 is 1.47. The van der Waals surface area contributed by atoms with Gasteiger partial charge in [-0.3, -0.25) is 4.79 Å². The first-order chi connectivity index (χ1) is 16.6. The summed E-state index contributed by atoms with van der Waals surface area (Å²) in [6.07, 6.45) is 1.73. The number of carbonyl (C=O) groups excluding carboxylic acids is 1. The van der Waals surface area contributed by atoms with Crippen LogP contribution in [-0.4, -0.2) is 23.4 Å². The summed E-state index contributed by atoms with van der Waals surface area (Å²) in [5, 5.41) is 18.6. The molecular weight excluding hydrogens is 446 g/mol. The average Bonchev–Trinajstić information content (AvgIpc) is 3.26. The number of ether oxygens (including phenoxy) is 1. The summed E-state index contributed by atoms with van der Waals surface area (Å²) in [5.41, 5.74) is 5.75. The molecule has 2 heterocycles. The van der Waals surface area contributed by atoms with Gasteiger partial charge in [0, 0.05) is 10.9 Å². The number of anilines is 1. The third kappa shape index (κ3) is 4.51. The fourth-order valence-corrected chi connectivity index (χ4v) is 4.28. The standard InChI is InChI=1S/C26H19N5O2S/c1-17-2-9-21(10-3-17)29-26-31(28-14-19-6-4-18(13-27)5-7-19)23(16-34-26)20-8-11-24-22(12-20)30-25(32)15-33-24/h2-12,14,16H,15H2,1H3,(H,30,32). The maximum Gasteiger partial charge on any atom is 0.262 e. The van der Waals surface area contributed by atoms with Crippen molar-refractivity contribution in [2.45, 2.75) is 6.92 Å². The van der Waals surface area contributed by atoms with Crippen LogP contribution in [0.4, 0.5) is 11.4 Å². The van der Waals surface area contributed by atoms with Crippen molar-refractivity contribution in [1.29, 1.82) is 5.26 Å². The van der Waals surface area contributed by atoms with E-state index in [1.165, 1.54) is 11.3 Å². The van der Waals surface area contributed by atoms with Gasteiger partial charge in [-0.15, -0.1) is 11.3 Å². The van der Waals surface area contributed by atoms with Crippen molar-refractivity contribution in [3.63, 3.8) is 0 Å². The highest BCUT2D eigenvalue weighted by molar-refractivity contribution is 7.07. The van der Waals surface area contributed by atoms with E-state index < -0.39 is 0 Å². The van der Waals surface area contributed by atoms with Crippen LogP contribution in [0.15, 0.2) is 82.2 Å². The first-order valence-electron chi connectivity index (χ1n) is 10.5. The lowest BCUT2D eigenvalue weighted by molar-refractivity contribution is -0.118. The van der Waals surface area contributed by atoms with Crippen molar-refractivity contribution in [2.24, 2.45) is 10.1 Å². The van der Waals surface area contributed by atoms with Gasteiger partial charge >= 0.3 is 0 Å². The van der Waals surface area contributed by atoms with Crippen LogP contribution in [0.5, 0.6) is 5.75 Å². The Morgan fingerprint density at radius 2 is 1.91 bits per heavy atom. The number of fused-ring (bicyclic) bond motifs is 1. The SMILES string of the molecule is Cc1ccc(N=c2scc(-c3ccc4c(c3)NC(=O)CO4)n2N=Cc2ccc(C#N)cc2)cc1. The molecule has 7 nitrogen and oxygen atoms in total. The van der Waals surface area contributed by atoms with Gasteiger partial charge in [0.2, 0.25) is 4.80 Å². The first-order valence-corrected chi connectivity index (χ1v) is 11.4. The fourth-order valence-electron chi connectivity index (χ4n) is 3.43. The third-order valence-corrected chi connectivity index (χ3v) is 6.03. The molecule has 4 aromatic rings. The van der Waals surface area contributed by atoms with Crippen molar-refractivity contribution in [2.75, 3.05) is 11.9 Å². The van der Waals surface area contributed by atoms with Crippen LogP contribution in [0.3, 0.4) is 0 Å². The van der Waals surface area contributed by atoms with E-state index >= 15 is 0 Å². The molecular formula is C26H19N5O2S. The van der Waals surface area contributed by atoms with Crippen molar-refractivity contribution in [3.05, 3.63) is 93.6 Å². The maximum absolute atomic E-state index is 11.8. The molecule has 34 heavy (non-hydrogen) atoms. The zero-order chi connectivity index (χ0) is 23.5. The molecule has 166 valence electrons. The van der Waals surface area contributed by atoms with E-state index in [0.29, 0.717) is 21.8 Å². The Morgan fingerprint density at radius 1 is 1.12 bits per heavy atom. The summed E-state index contributed by atoms with van der Waals surface area (Å²) < 4.78 is 7.26. The van der Waals surface area contributed by atoms with Crippen molar-refractivity contribution < 1.29 is 9.53 Å². The molecule has 1 amide bonds. The van der Waals surface area contributed by atoms with Gasteiger partial charge in [0.15, 0.2) is 6.61 Å². The van der Waals surface area contributed by atoms with Crippen molar-refractivity contribution in [1.82, 2.24) is 4.68 Å². The predicted octanol–water partition coefficient (Wildman–Crippen LogP) is 4.84. The first kappa shape index (κ1) is 21.4. The normalized spacial score (nSPS) is 13.3. The van der Waals surface area contributed by atoms with Crippen LogP contribution < -0.4 is 14.9 Å². The lowest BCUT2D eigenvalue weighted by atomic mass is 10.1. The average molecular weight is 466 g/mol. The zero-order valence-electron chi connectivity index (χ0n) is 18.2. The number of hydrogen-bond donors (Lipinski definition) is 1. The Morgan fingerprint density at radius 3 is 2.68 bits per heavy atom. The third-order valence-electron chi connectivity index (χ3n) is 5.21. The molecule has 1 N–H and O–H groups in total. The van der Waals surface area contributed by atoms with Crippen molar-refractivity contribution >= 4 is 34.8 Å². The Hall–Kier alpha value is -4.48. The smallest absolute Gasteiger partial charge is 0.262 e. The number of hydrogen-bond acceptors (Lipinski definition) is 6. The summed E-state index contributed by atoms with van der Waals surface area (Å²) in [5.74, 6) is 0.451. The van der Waals surface area contributed by atoms with Gasteiger partial charge in [0.05, 0.1) is 34.9 Å². The van der Waals surface area contributed by atoms with E-state index in [0.717, 1.165) is 28.1 Å². The number of rotatable bonds is 4. The summed E-state index contributed by atoms with van der Waals surface area (Å²) in [6, 6.07) is 22.9. The molecule has 0 fully saturated rings. The molecule has 3 aromatic carbocycles. The van der Waals surface area contributed by atoms with Gasteiger partial charge in [-0.05, 0) is 55.0 Å². The molecule has 0 atom stereocenters. The Balaban J connectivity index is 1.60. The summed E-state index contributed by atoms with van der Waals surface area (Å²) in [4.78, 5) is 17.3. The second-order valence-electron chi connectivity index (χ2n) is 7.69. The minimum atomic E-state index is -0.184. The molecule has 1 aromatic heterocycles. The monoisotopic (exact) mass is 465 g/mol. The number of nitrogens with zero attached hydrogens (tertiary/aromatic N) is 4. The van der Waals surface area contributed by atoms with Crippen LogP contribution >= 0.6 is 11.3 Å². The molecule has 1 aliphatic rings. The van der Waals surface area contributed by atoms with Gasteiger partial charge in [-0.25, -0.2) is 9.67 Å². The van der Waals surface area contributed by atoms with E-state index in [1.54, 1.807) is 23.0 Å². The Bertz CT molecular complexity index is 1510. The van der Waals surface area contributed by atoms with E-state index in [9.17, 15) is 4.79 Å². The highest BCUT2D eigenvalue weighted by Gasteiger charge is 2.17. The van der Waals surface area contributed by atoms with Gasteiger partial charge < -0.3 is 10.1 Å². The van der Waals surface area contributed by atoms with Gasteiger partial charge in [0.1, 0.15) is 5.75 Å². The molecule has 0 saturated heterocycles. The maximum atomic E-state index is 11.8. The van der Waals surface area contributed by atoms with Gasteiger partial charge in [0.25, 0.3) is 5.91 Å². The Labute approximate surface area is 199 Å². The minimum absolute atomic E-state index is 0.0132. The number of aryl methyl sites for hydroxylation is 1. The number of amides is 1. The number of nitriles is 1. The molecule has 0 saturated carbocycles. The van der Waals surface area contributed by atoms with E-state index in [2.05, 4.69) is 11.4 Å². The second kappa shape index (κ2) is 9.17. The lowest BCUT2D eigenvalue weighted by Gasteiger charge is -2.18. The molecule has 8 heteroatoms. The second-order valence-corrected chi connectivity index (χ2v) is 8.53. The Kier molecular flexibility index (Phi) is 5.77. The highest BCUT2D eigenvalue weighted by atomic mass is 32.1. The van der Waals surface area contributed by atoms with E-state index in [1.807, 2.05) is 66.9 Å². The number of aromatic nitrogens is 1. The molecule has 0 spiro atoms. The number of benzene rings is 3. The highest BCUT2D eigenvalue weighted by Crippen LogP contribution is 2.33. The molecule has 0 aliphatic carbocycles. The zero-order valence-corrected chi connectivity index (χ0v) is 19.0. The topological polar surface area (TPSA) is 91.8 Å². The molecule has 0 bridgehead atoms. The van der Waals surface area contributed by atoms with E-state index in [4.69, 9.17) is 20.1 Å². The summed E-state index contributed by atoms with van der Waals surface area (Å²) in [6.45, 7) is 2.05. The van der Waals surface area contributed by atoms with Crippen LogP contribution in [0.2, 0.25) is 0 Å². The number of nitrogens with one attached hydrogen (secondary N) is 1. The number of thiazole rings is 1. The van der Waals surface area contributed by atoms with Gasteiger partial charge in [-0.1, -0.05) is 29.8 Å². The van der Waals surface area contributed by atoms with Gasteiger partial charge in [-0.2, -0.15) is 10.4 Å². The molecule has 0 radical (unpaired) electrons.